The second-order valence-corrected chi connectivity index (χ2v) is 3.62. The Morgan fingerprint density at radius 1 is 1.60 bits per heavy atom. The highest BCUT2D eigenvalue weighted by atomic mass is 79.9. The molecule has 0 fully saturated rings. The molecule has 0 spiro atoms. The smallest absolute Gasteiger partial charge is 0.338 e. The lowest BCUT2D eigenvalue weighted by atomic mass is 10.0. The van der Waals surface area contributed by atoms with Crippen LogP contribution in [0.15, 0.2) is 12.1 Å². The first kappa shape index (κ1) is 11.7. The number of nitriles is 1. The second-order valence-electron chi connectivity index (χ2n) is 3.06. The maximum Gasteiger partial charge on any atom is 0.338 e. The number of hydrogen-bond donors (Lipinski definition) is 0. The van der Waals surface area contributed by atoms with Crippen molar-refractivity contribution < 1.29 is 9.53 Å². The van der Waals surface area contributed by atoms with Crippen LogP contribution in [0.3, 0.4) is 0 Å². The van der Waals surface area contributed by atoms with E-state index in [0.29, 0.717) is 16.5 Å². The number of rotatable bonds is 2. The standard InChI is InChI=1S/C11H10BrNO2/c1-7-3-8(5-12)9(6-13)4-10(7)11(14)15-2/h3-4H,5H2,1-2H3. The Balaban J connectivity index is 3.33. The van der Waals surface area contributed by atoms with Crippen LogP contribution in [0, 0.1) is 18.3 Å². The Morgan fingerprint density at radius 2 is 2.27 bits per heavy atom. The normalized spacial score (nSPS) is 9.47. The van der Waals surface area contributed by atoms with Gasteiger partial charge in [0.05, 0.1) is 24.3 Å². The zero-order valence-corrected chi connectivity index (χ0v) is 10.1. The van der Waals surface area contributed by atoms with Crippen LogP contribution >= 0.6 is 15.9 Å². The molecule has 15 heavy (non-hydrogen) atoms. The van der Waals surface area contributed by atoms with E-state index in [-0.39, 0.29) is 0 Å². The first-order valence-electron chi connectivity index (χ1n) is 4.32. The number of carbonyl (C=O) groups is 1. The third-order valence-electron chi connectivity index (χ3n) is 2.12. The van der Waals surface area contributed by atoms with Crippen LogP contribution in [0.4, 0.5) is 0 Å². The predicted molar refractivity (Wildman–Crippen MR) is 59.9 cm³/mol. The monoisotopic (exact) mass is 267 g/mol. The van der Waals surface area contributed by atoms with Gasteiger partial charge in [-0.3, -0.25) is 0 Å². The van der Waals surface area contributed by atoms with E-state index in [1.54, 1.807) is 6.07 Å². The lowest BCUT2D eigenvalue weighted by Crippen LogP contribution is -2.05. The third kappa shape index (κ3) is 2.37. The van der Waals surface area contributed by atoms with Crippen LogP contribution < -0.4 is 0 Å². The second kappa shape index (κ2) is 4.94. The van der Waals surface area contributed by atoms with Crippen molar-refractivity contribution >= 4 is 21.9 Å². The van der Waals surface area contributed by atoms with E-state index in [1.807, 2.05) is 13.0 Å². The molecular formula is C11H10BrNO2. The van der Waals surface area contributed by atoms with E-state index in [0.717, 1.165) is 11.1 Å². The summed E-state index contributed by atoms with van der Waals surface area (Å²) in [4.78, 5) is 11.4. The summed E-state index contributed by atoms with van der Waals surface area (Å²) in [6, 6.07) is 5.44. The number of alkyl halides is 1. The summed E-state index contributed by atoms with van der Waals surface area (Å²) < 4.78 is 4.63. The fourth-order valence-electron chi connectivity index (χ4n) is 1.31. The fourth-order valence-corrected chi connectivity index (χ4v) is 1.78. The number of ether oxygens (including phenoxy) is 1. The number of halogens is 1. The van der Waals surface area contributed by atoms with Crippen molar-refractivity contribution in [1.29, 1.82) is 5.26 Å². The molecule has 0 saturated heterocycles. The summed E-state index contributed by atoms with van der Waals surface area (Å²) in [5.41, 5.74) is 2.63. The van der Waals surface area contributed by atoms with Crippen molar-refractivity contribution in [3.05, 3.63) is 34.4 Å². The van der Waals surface area contributed by atoms with Gasteiger partial charge in [-0.25, -0.2) is 4.79 Å². The van der Waals surface area contributed by atoms with Crippen molar-refractivity contribution in [2.75, 3.05) is 7.11 Å². The molecule has 1 rings (SSSR count). The Kier molecular flexibility index (Phi) is 3.87. The van der Waals surface area contributed by atoms with Gasteiger partial charge in [-0.15, -0.1) is 0 Å². The van der Waals surface area contributed by atoms with Crippen molar-refractivity contribution in [3.8, 4) is 6.07 Å². The largest absolute Gasteiger partial charge is 0.465 e. The molecule has 0 atom stereocenters. The van der Waals surface area contributed by atoms with Gasteiger partial charge in [-0.1, -0.05) is 22.0 Å². The van der Waals surface area contributed by atoms with E-state index in [4.69, 9.17) is 5.26 Å². The number of carbonyl (C=O) groups excluding carboxylic acids is 1. The molecule has 0 aliphatic heterocycles. The SMILES string of the molecule is COC(=O)c1cc(C#N)c(CBr)cc1C. The first-order valence-corrected chi connectivity index (χ1v) is 5.44. The lowest BCUT2D eigenvalue weighted by Gasteiger charge is -2.07. The van der Waals surface area contributed by atoms with Gasteiger partial charge < -0.3 is 4.74 Å². The molecule has 1 aromatic rings. The van der Waals surface area contributed by atoms with E-state index in [2.05, 4.69) is 26.7 Å². The molecule has 0 radical (unpaired) electrons. The summed E-state index contributed by atoms with van der Waals surface area (Å²) in [5.74, 6) is -0.412. The molecule has 3 nitrogen and oxygen atoms in total. The van der Waals surface area contributed by atoms with Crippen LogP contribution in [0.5, 0.6) is 0 Å². The zero-order valence-electron chi connectivity index (χ0n) is 8.50. The minimum Gasteiger partial charge on any atom is -0.465 e. The van der Waals surface area contributed by atoms with Gasteiger partial charge in [0.25, 0.3) is 0 Å². The molecule has 0 bridgehead atoms. The van der Waals surface area contributed by atoms with Crippen molar-refractivity contribution in [2.45, 2.75) is 12.3 Å². The molecule has 0 unspecified atom stereocenters. The predicted octanol–water partition coefficient (Wildman–Crippen LogP) is 2.55. The van der Waals surface area contributed by atoms with Gasteiger partial charge in [0, 0.05) is 5.33 Å². The fraction of sp³-hybridized carbons (Fsp3) is 0.273. The number of nitrogens with zero attached hydrogens (tertiary/aromatic N) is 1. The van der Waals surface area contributed by atoms with Crippen LogP contribution in [-0.4, -0.2) is 13.1 Å². The molecule has 0 aliphatic carbocycles. The van der Waals surface area contributed by atoms with Gasteiger partial charge in [0.1, 0.15) is 0 Å². The van der Waals surface area contributed by atoms with Gasteiger partial charge >= 0.3 is 5.97 Å². The van der Waals surface area contributed by atoms with Crippen LogP contribution in [-0.2, 0) is 10.1 Å². The van der Waals surface area contributed by atoms with Gasteiger partial charge in [-0.05, 0) is 24.1 Å². The Bertz CT molecular complexity index is 435. The van der Waals surface area contributed by atoms with Gasteiger partial charge in [0.15, 0.2) is 0 Å². The van der Waals surface area contributed by atoms with E-state index in [9.17, 15) is 4.79 Å². The Labute approximate surface area is 96.8 Å². The number of aryl methyl sites for hydroxylation is 1. The summed E-state index contributed by atoms with van der Waals surface area (Å²) in [6.45, 7) is 1.82. The summed E-state index contributed by atoms with van der Waals surface area (Å²) in [7, 11) is 1.33. The number of benzene rings is 1. The average molecular weight is 268 g/mol. The minimum absolute atomic E-state index is 0.412. The highest BCUT2D eigenvalue weighted by Crippen LogP contribution is 2.19. The van der Waals surface area contributed by atoms with E-state index in [1.165, 1.54) is 7.11 Å². The molecule has 0 aliphatic rings. The quantitative estimate of drug-likeness (QED) is 0.611. The molecule has 1 aromatic carbocycles. The maximum absolute atomic E-state index is 11.4. The molecule has 0 aromatic heterocycles. The molecule has 0 N–H and O–H groups in total. The molecule has 0 saturated carbocycles. The molecular weight excluding hydrogens is 258 g/mol. The van der Waals surface area contributed by atoms with Crippen LogP contribution in [0.2, 0.25) is 0 Å². The van der Waals surface area contributed by atoms with E-state index < -0.39 is 5.97 Å². The van der Waals surface area contributed by atoms with Crippen LogP contribution in [0.1, 0.15) is 27.0 Å². The number of esters is 1. The summed E-state index contributed by atoms with van der Waals surface area (Å²) >= 11 is 3.29. The van der Waals surface area contributed by atoms with Crippen molar-refractivity contribution in [1.82, 2.24) is 0 Å². The minimum atomic E-state index is -0.412. The van der Waals surface area contributed by atoms with E-state index >= 15 is 0 Å². The molecule has 0 amide bonds. The third-order valence-corrected chi connectivity index (χ3v) is 2.72. The molecule has 78 valence electrons. The molecule has 0 heterocycles. The zero-order chi connectivity index (χ0) is 11.4. The first-order chi connectivity index (χ1) is 7.13. The summed E-state index contributed by atoms with van der Waals surface area (Å²) in [6.07, 6.45) is 0. The van der Waals surface area contributed by atoms with Gasteiger partial charge in [0.2, 0.25) is 0 Å². The topological polar surface area (TPSA) is 50.1 Å². The Morgan fingerprint density at radius 3 is 2.73 bits per heavy atom. The van der Waals surface area contributed by atoms with Crippen molar-refractivity contribution in [2.24, 2.45) is 0 Å². The highest BCUT2D eigenvalue weighted by Gasteiger charge is 2.12. The number of hydrogen-bond acceptors (Lipinski definition) is 3. The maximum atomic E-state index is 11.4. The average Bonchev–Trinajstić information content (AvgIpc) is 2.27. The summed E-state index contributed by atoms with van der Waals surface area (Å²) in [5, 5.41) is 9.49. The van der Waals surface area contributed by atoms with Crippen molar-refractivity contribution in [3.63, 3.8) is 0 Å². The lowest BCUT2D eigenvalue weighted by molar-refractivity contribution is 0.0600. The highest BCUT2D eigenvalue weighted by molar-refractivity contribution is 9.08. The number of methoxy groups -OCH3 is 1. The van der Waals surface area contributed by atoms with Crippen LogP contribution in [0.25, 0.3) is 0 Å². The van der Waals surface area contributed by atoms with Gasteiger partial charge in [-0.2, -0.15) is 5.26 Å². The molecule has 4 heteroatoms. The Hall–Kier alpha value is -1.34.